The summed E-state index contributed by atoms with van der Waals surface area (Å²) in [5.74, 6) is 0. The summed E-state index contributed by atoms with van der Waals surface area (Å²) in [5, 5.41) is 6.25. The molecule has 0 fully saturated rings. The summed E-state index contributed by atoms with van der Waals surface area (Å²) < 4.78 is 1.81. The van der Waals surface area contributed by atoms with Crippen LogP contribution in [0.25, 0.3) is 33.5 Å². The molecule has 0 bridgehead atoms. The van der Waals surface area contributed by atoms with Crippen LogP contribution in [0.4, 0.5) is 0 Å². The molecule has 0 spiro atoms. The number of hydrogen-bond acceptors (Lipinski definition) is 3. The second-order valence-electron chi connectivity index (χ2n) is 4.60. The molecule has 1 aromatic carbocycles. The maximum absolute atomic E-state index is 6.04. The summed E-state index contributed by atoms with van der Waals surface area (Å²) in [6, 6.07) is 7.61. The third kappa shape index (κ3) is 1.60. The SMILES string of the molecule is Cn1nc(-c2cnc3[nH]ccc3n2)c2ccc(Cl)cc21. The Balaban J connectivity index is 2.01. The van der Waals surface area contributed by atoms with Crippen LogP contribution in [0.15, 0.2) is 36.7 Å². The minimum Gasteiger partial charge on any atom is -0.345 e. The molecule has 1 N–H and O–H groups in total. The monoisotopic (exact) mass is 283 g/mol. The van der Waals surface area contributed by atoms with Crippen molar-refractivity contribution in [3.8, 4) is 11.4 Å². The summed E-state index contributed by atoms with van der Waals surface area (Å²) in [6.07, 6.45) is 3.56. The lowest BCUT2D eigenvalue weighted by molar-refractivity contribution is 0.799. The maximum Gasteiger partial charge on any atom is 0.156 e. The molecule has 0 radical (unpaired) electrons. The van der Waals surface area contributed by atoms with Crippen LogP contribution in [0.2, 0.25) is 5.02 Å². The quantitative estimate of drug-likeness (QED) is 0.584. The van der Waals surface area contributed by atoms with Gasteiger partial charge in [0.05, 0.1) is 11.7 Å². The molecule has 0 aliphatic heterocycles. The Morgan fingerprint density at radius 3 is 3.05 bits per heavy atom. The second-order valence-corrected chi connectivity index (χ2v) is 5.04. The fourth-order valence-electron chi connectivity index (χ4n) is 2.36. The van der Waals surface area contributed by atoms with Crippen molar-refractivity contribution >= 4 is 33.7 Å². The van der Waals surface area contributed by atoms with Gasteiger partial charge in [0.2, 0.25) is 0 Å². The summed E-state index contributed by atoms with van der Waals surface area (Å²) in [4.78, 5) is 12.0. The molecule has 0 aliphatic carbocycles. The number of aryl methyl sites for hydroxylation is 1. The molecule has 0 atom stereocenters. The van der Waals surface area contributed by atoms with Gasteiger partial charge in [-0.05, 0) is 24.3 Å². The third-order valence-corrected chi connectivity index (χ3v) is 3.55. The minimum atomic E-state index is 0.694. The molecule has 3 aromatic heterocycles. The predicted octanol–water partition coefficient (Wildman–Crippen LogP) is 3.17. The number of nitrogens with zero attached hydrogens (tertiary/aromatic N) is 4. The first-order valence-corrected chi connectivity index (χ1v) is 6.53. The van der Waals surface area contributed by atoms with E-state index >= 15 is 0 Å². The first kappa shape index (κ1) is 11.4. The first-order chi connectivity index (χ1) is 9.72. The van der Waals surface area contributed by atoms with Gasteiger partial charge in [0, 0.05) is 23.7 Å². The molecule has 98 valence electrons. The van der Waals surface area contributed by atoms with Gasteiger partial charge in [0.15, 0.2) is 5.65 Å². The number of aromatic amines is 1. The number of benzene rings is 1. The van der Waals surface area contributed by atoms with Crippen molar-refractivity contribution in [3.05, 3.63) is 41.7 Å². The van der Waals surface area contributed by atoms with Crippen LogP contribution in [-0.4, -0.2) is 24.7 Å². The van der Waals surface area contributed by atoms with Crippen LogP contribution in [0.1, 0.15) is 0 Å². The van der Waals surface area contributed by atoms with Gasteiger partial charge >= 0.3 is 0 Å². The fraction of sp³-hybridized carbons (Fsp3) is 0.0714. The highest BCUT2D eigenvalue weighted by molar-refractivity contribution is 6.31. The topological polar surface area (TPSA) is 59.4 Å². The lowest BCUT2D eigenvalue weighted by atomic mass is 10.2. The second kappa shape index (κ2) is 4.05. The Labute approximate surface area is 119 Å². The number of rotatable bonds is 1. The highest BCUT2D eigenvalue weighted by Gasteiger charge is 2.13. The van der Waals surface area contributed by atoms with Gasteiger partial charge in [-0.25, -0.2) is 9.97 Å². The molecule has 6 heteroatoms. The molecule has 0 saturated carbocycles. The summed E-state index contributed by atoms with van der Waals surface area (Å²) in [6.45, 7) is 0. The van der Waals surface area contributed by atoms with E-state index in [4.69, 9.17) is 11.6 Å². The highest BCUT2D eigenvalue weighted by atomic mass is 35.5. The summed E-state index contributed by atoms with van der Waals surface area (Å²) in [7, 11) is 1.89. The van der Waals surface area contributed by atoms with E-state index in [9.17, 15) is 0 Å². The predicted molar refractivity (Wildman–Crippen MR) is 78.6 cm³/mol. The third-order valence-electron chi connectivity index (χ3n) is 3.32. The molecular weight excluding hydrogens is 274 g/mol. The van der Waals surface area contributed by atoms with Crippen LogP contribution in [0, 0.1) is 0 Å². The highest BCUT2D eigenvalue weighted by Crippen LogP contribution is 2.28. The number of fused-ring (bicyclic) bond motifs is 2. The Morgan fingerprint density at radius 1 is 1.25 bits per heavy atom. The zero-order chi connectivity index (χ0) is 13.7. The van der Waals surface area contributed by atoms with Crippen molar-refractivity contribution in [2.45, 2.75) is 0 Å². The zero-order valence-electron chi connectivity index (χ0n) is 10.6. The van der Waals surface area contributed by atoms with Crippen molar-refractivity contribution in [3.63, 3.8) is 0 Å². The van der Waals surface area contributed by atoms with Crippen LogP contribution in [-0.2, 0) is 7.05 Å². The number of hydrogen-bond donors (Lipinski definition) is 1. The van der Waals surface area contributed by atoms with E-state index in [1.54, 1.807) is 10.9 Å². The van der Waals surface area contributed by atoms with E-state index < -0.39 is 0 Å². The summed E-state index contributed by atoms with van der Waals surface area (Å²) >= 11 is 6.04. The molecule has 5 nitrogen and oxygen atoms in total. The van der Waals surface area contributed by atoms with Crippen molar-refractivity contribution in [2.24, 2.45) is 7.05 Å². The molecule has 3 heterocycles. The molecule has 0 unspecified atom stereocenters. The lowest BCUT2D eigenvalue weighted by Gasteiger charge is -1.97. The van der Waals surface area contributed by atoms with Crippen molar-refractivity contribution in [2.75, 3.05) is 0 Å². The van der Waals surface area contributed by atoms with E-state index in [2.05, 4.69) is 20.1 Å². The van der Waals surface area contributed by atoms with Crippen molar-refractivity contribution < 1.29 is 0 Å². The van der Waals surface area contributed by atoms with Crippen LogP contribution in [0.5, 0.6) is 0 Å². The van der Waals surface area contributed by atoms with Gasteiger partial charge in [-0.3, -0.25) is 4.68 Å². The first-order valence-electron chi connectivity index (χ1n) is 6.15. The van der Waals surface area contributed by atoms with Crippen LogP contribution < -0.4 is 0 Å². The van der Waals surface area contributed by atoms with E-state index in [1.165, 1.54) is 0 Å². The standard InChI is InChI=1S/C14H10ClN5/c1-20-12-6-8(15)2-3-9(12)13(19-20)11-7-17-14-10(18-11)4-5-16-14/h2-7H,1H3,(H,16,17). The molecular formula is C14H10ClN5. The van der Waals surface area contributed by atoms with Gasteiger partial charge in [0.1, 0.15) is 16.9 Å². The zero-order valence-corrected chi connectivity index (χ0v) is 11.4. The van der Waals surface area contributed by atoms with E-state index in [1.807, 2.05) is 37.5 Å². The van der Waals surface area contributed by atoms with Gasteiger partial charge in [-0.15, -0.1) is 0 Å². The van der Waals surface area contributed by atoms with Gasteiger partial charge in [0.25, 0.3) is 0 Å². The van der Waals surface area contributed by atoms with E-state index in [0.29, 0.717) is 5.02 Å². The molecule has 0 amide bonds. The number of nitrogens with one attached hydrogen (secondary N) is 1. The molecule has 4 rings (SSSR count). The average Bonchev–Trinajstić information content (AvgIpc) is 3.03. The maximum atomic E-state index is 6.04. The Bertz CT molecular complexity index is 937. The molecule has 0 aliphatic rings. The van der Waals surface area contributed by atoms with Crippen molar-refractivity contribution in [1.29, 1.82) is 0 Å². The van der Waals surface area contributed by atoms with Gasteiger partial charge in [-0.2, -0.15) is 5.10 Å². The number of halogens is 1. The van der Waals surface area contributed by atoms with Crippen LogP contribution >= 0.6 is 11.6 Å². The number of H-pyrrole nitrogens is 1. The minimum absolute atomic E-state index is 0.694. The van der Waals surface area contributed by atoms with Gasteiger partial charge in [-0.1, -0.05) is 11.6 Å². The summed E-state index contributed by atoms with van der Waals surface area (Å²) in [5.41, 5.74) is 4.15. The Morgan fingerprint density at radius 2 is 2.15 bits per heavy atom. The molecule has 0 saturated heterocycles. The van der Waals surface area contributed by atoms with E-state index in [-0.39, 0.29) is 0 Å². The average molecular weight is 284 g/mol. The fourth-order valence-corrected chi connectivity index (χ4v) is 2.53. The Hall–Kier alpha value is -2.40. The Kier molecular flexibility index (Phi) is 2.31. The molecule has 20 heavy (non-hydrogen) atoms. The van der Waals surface area contributed by atoms with Crippen LogP contribution in [0.3, 0.4) is 0 Å². The smallest absolute Gasteiger partial charge is 0.156 e. The molecule has 4 aromatic rings. The van der Waals surface area contributed by atoms with Gasteiger partial charge < -0.3 is 4.98 Å². The lowest BCUT2D eigenvalue weighted by Crippen LogP contribution is -1.91. The number of aromatic nitrogens is 5. The normalized spacial score (nSPS) is 11.5. The van der Waals surface area contributed by atoms with Crippen molar-refractivity contribution in [1.82, 2.24) is 24.7 Å². The largest absolute Gasteiger partial charge is 0.345 e. The van der Waals surface area contributed by atoms with E-state index in [0.717, 1.165) is 33.5 Å².